The van der Waals surface area contributed by atoms with Gasteiger partial charge in [-0.05, 0) is 30.7 Å². The molecule has 3 rings (SSSR count). The van der Waals surface area contributed by atoms with Crippen LogP contribution in [0.3, 0.4) is 0 Å². The molecule has 2 aromatic carbocycles. The zero-order valence-corrected chi connectivity index (χ0v) is 12.7. The third kappa shape index (κ3) is 2.58. The van der Waals surface area contributed by atoms with Gasteiger partial charge in [0, 0.05) is 16.1 Å². The lowest BCUT2D eigenvalue weighted by Gasteiger charge is -2.20. The van der Waals surface area contributed by atoms with Crippen molar-refractivity contribution in [1.82, 2.24) is 5.32 Å². The Labute approximate surface area is 126 Å². The molecule has 0 saturated heterocycles. The maximum atomic E-state index is 13.1. The minimum atomic E-state index is -0.234. The maximum Gasteiger partial charge on any atom is 0.124 e. The second kappa shape index (κ2) is 5.54. The van der Waals surface area contributed by atoms with E-state index in [0.717, 1.165) is 15.8 Å². The largest absolute Gasteiger partial charge is 0.491 e. The van der Waals surface area contributed by atoms with Crippen LogP contribution < -0.4 is 10.1 Å². The minimum Gasteiger partial charge on any atom is -0.491 e. The van der Waals surface area contributed by atoms with Crippen molar-refractivity contribution in [1.29, 1.82) is 0 Å². The summed E-state index contributed by atoms with van der Waals surface area (Å²) in [6, 6.07) is 13.1. The van der Waals surface area contributed by atoms with Crippen LogP contribution in [0.2, 0.25) is 0 Å². The molecule has 2 unspecified atom stereocenters. The zero-order chi connectivity index (χ0) is 14.1. The van der Waals surface area contributed by atoms with E-state index < -0.39 is 0 Å². The summed E-state index contributed by atoms with van der Waals surface area (Å²) in [6.07, 6.45) is 0. The first-order chi connectivity index (χ1) is 9.65. The fourth-order valence-corrected chi connectivity index (χ4v) is 3.24. The maximum absolute atomic E-state index is 13.1. The number of benzene rings is 2. The number of rotatable bonds is 3. The van der Waals surface area contributed by atoms with E-state index >= 15 is 0 Å². The van der Waals surface area contributed by atoms with Crippen LogP contribution in [0.15, 0.2) is 46.9 Å². The van der Waals surface area contributed by atoms with E-state index in [0.29, 0.717) is 6.61 Å². The van der Waals surface area contributed by atoms with E-state index in [4.69, 9.17) is 4.74 Å². The van der Waals surface area contributed by atoms with Crippen LogP contribution in [0.1, 0.15) is 30.1 Å². The van der Waals surface area contributed by atoms with Crippen molar-refractivity contribution in [3.8, 4) is 5.75 Å². The molecular weight excluding hydrogens is 321 g/mol. The molecule has 0 bridgehead atoms. The molecule has 0 radical (unpaired) electrons. The molecule has 0 aromatic heterocycles. The van der Waals surface area contributed by atoms with Gasteiger partial charge in [0.05, 0.1) is 6.04 Å². The van der Waals surface area contributed by atoms with Gasteiger partial charge in [-0.3, -0.25) is 0 Å². The van der Waals surface area contributed by atoms with Crippen LogP contribution >= 0.6 is 15.9 Å². The van der Waals surface area contributed by atoms with Crippen LogP contribution in [0.4, 0.5) is 4.39 Å². The molecule has 1 aliphatic heterocycles. The van der Waals surface area contributed by atoms with Crippen molar-refractivity contribution in [3.63, 3.8) is 0 Å². The predicted octanol–water partition coefficient (Wildman–Crippen LogP) is 4.37. The van der Waals surface area contributed by atoms with Crippen LogP contribution in [0, 0.1) is 5.82 Å². The topological polar surface area (TPSA) is 21.3 Å². The number of para-hydroxylation sites is 1. The standard InChI is InChI=1S/C16H15BrFNO/c1-10(12-7-6-11(18)8-14(12)17)19-15-9-20-16-5-3-2-4-13(15)16/h2-8,10,15,19H,9H2,1H3. The quantitative estimate of drug-likeness (QED) is 0.899. The summed E-state index contributed by atoms with van der Waals surface area (Å²) < 4.78 is 19.6. The normalized spacial score (nSPS) is 18.4. The molecule has 20 heavy (non-hydrogen) atoms. The van der Waals surface area contributed by atoms with Crippen molar-refractivity contribution in [2.45, 2.75) is 19.0 Å². The highest BCUT2D eigenvalue weighted by atomic mass is 79.9. The molecule has 0 amide bonds. The van der Waals surface area contributed by atoms with E-state index in [9.17, 15) is 4.39 Å². The first kappa shape index (κ1) is 13.6. The fourth-order valence-electron chi connectivity index (χ4n) is 2.54. The van der Waals surface area contributed by atoms with Gasteiger partial charge < -0.3 is 10.1 Å². The van der Waals surface area contributed by atoms with Gasteiger partial charge in [-0.1, -0.05) is 40.2 Å². The Morgan fingerprint density at radius 1 is 1.30 bits per heavy atom. The predicted molar refractivity (Wildman–Crippen MR) is 80.3 cm³/mol. The summed E-state index contributed by atoms with van der Waals surface area (Å²) in [5.74, 6) is 0.706. The average molecular weight is 336 g/mol. The molecule has 2 atom stereocenters. The molecule has 0 aliphatic carbocycles. The fraction of sp³-hybridized carbons (Fsp3) is 0.250. The Morgan fingerprint density at radius 3 is 2.90 bits per heavy atom. The average Bonchev–Trinajstić information content (AvgIpc) is 2.82. The Bertz CT molecular complexity index is 632. The van der Waals surface area contributed by atoms with Crippen molar-refractivity contribution < 1.29 is 9.13 Å². The summed E-state index contributed by atoms with van der Waals surface area (Å²) in [5.41, 5.74) is 2.22. The Balaban J connectivity index is 1.79. The smallest absolute Gasteiger partial charge is 0.124 e. The van der Waals surface area contributed by atoms with Crippen LogP contribution in [0.5, 0.6) is 5.75 Å². The van der Waals surface area contributed by atoms with Gasteiger partial charge in [0.15, 0.2) is 0 Å². The first-order valence-corrected chi connectivity index (χ1v) is 7.37. The van der Waals surface area contributed by atoms with Gasteiger partial charge in [-0.15, -0.1) is 0 Å². The number of nitrogens with one attached hydrogen (secondary N) is 1. The number of ether oxygens (including phenoxy) is 1. The molecule has 0 spiro atoms. The zero-order valence-electron chi connectivity index (χ0n) is 11.1. The van der Waals surface area contributed by atoms with E-state index in [-0.39, 0.29) is 17.9 Å². The summed E-state index contributed by atoms with van der Waals surface area (Å²) in [5, 5.41) is 3.53. The van der Waals surface area contributed by atoms with Gasteiger partial charge in [0.25, 0.3) is 0 Å². The lowest BCUT2D eigenvalue weighted by molar-refractivity contribution is 0.300. The monoisotopic (exact) mass is 335 g/mol. The van der Waals surface area contributed by atoms with Crippen molar-refractivity contribution in [2.24, 2.45) is 0 Å². The number of hydrogen-bond donors (Lipinski definition) is 1. The van der Waals surface area contributed by atoms with E-state index in [1.807, 2.05) is 18.2 Å². The second-order valence-corrected chi connectivity index (χ2v) is 5.81. The van der Waals surface area contributed by atoms with Gasteiger partial charge in [0.1, 0.15) is 18.2 Å². The Morgan fingerprint density at radius 2 is 2.10 bits per heavy atom. The van der Waals surface area contributed by atoms with Gasteiger partial charge in [0.2, 0.25) is 0 Å². The number of fused-ring (bicyclic) bond motifs is 1. The summed E-state index contributed by atoms with van der Waals surface area (Å²) >= 11 is 3.42. The molecular formula is C16H15BrFNO. The highest BCUT2D eigenvalue weighted by Crippen LogP contribution is 2.34. The van der Waals surface area contributed by atoms with Crippen LogP contribution in [-0.4, -0.2) is 6.61 Å². The first-order valence-electron chi connectivity index (χ1n) is 6.58. The molecule has 0 fully saturated rings. The highest BCUT2D eigenvalue weighted by Gasteiger charge is 2.25. The van der Waals surface area contributed by atoms with E-state index in [2.05, 4.69) is 34.2 Å². The molecule has 2 aromatic rings. The van der Waals surface area contributed by atoms with E-state index in [1.54, 1.807) is 6.07 Å². The molecule has 104 valence electrons. The molecule has 0 saturated carbocycles. The lowest BCUT2D eigenvalue weighted by Crippen LogP contribution is -2.26. The summed E-state index contributed by atoms with van der Waals surface area (Å²) in [6.45, 7) is 2.70. The molecule has 1 N–H and O–H groups in total. The van der Waals surface area contributed by atoms with Gasteiger partial charge in [-0.25, -0.2) is 4.39 Å². The third-order valence-corrected chi connectivity index (χ3v) is 4.27. The van der Waals surface area contributed by atoms with Crippen molar-refractivity contribution in [2.75, 3.05) is 6.61 Å². The summed E-state index contributed by atoms with van der Waals surface area (Å²) in [4.78, 5) is 0. The van der Waals surface area contributed by atoms with Crippen LogP contribution in [-0.2, 0) is 0 Å². The Hall–Kier alpha value is -1.39. The molecule has 1 aliphatic rings. The highest BCUT2D eigenvalue weighted by molar-refractivity contribution is 9.10. The van der Waals surface area contributed by atoms with Gasteiger partial charge >= 0.3 is 0 Å². The number of halogens is 2. The number of hydrogen-bond acceptors (Lipinski definition) is 2. The van der Waals surface area contributed by atoms with Crippen LogP contribution in [0.25, 0.3) is 0 Å². The summed E-state index contributed by atoms with van der Waals surface area (Å²) in [7, 11) is 0. The van der Waals surface area contributed by atoms with Crippen molar-refractivity contribution >= 4 is 15.9 Å². The minimum absolute atomic E-state index is 0.102. The second-order valence-electron chi connectivity index (χ2n) is 4.96. The van der Waals surface area contributed by atoms with E-state index in [1.165, 1.54) is 17.7 Å². The third-order valence-electron chi connectivity index (χ3n) is 3.58. The SMILES string of the molecule is CC(NC1COc2ccccc21)c1ccc(F)cc1Br. The Kier molecular flexibility index (Phi) is 3.76. The van der Waals surface area contributed by atoms with Gasteiger partial charge in [-0.2, -0.15) is 0 Å². The molecule has 2 nitrogen and oxygen atoms in total. The lowest BCUT2D eigenvalue weighted by atomic mass is 10.0. The molecule has 1 heterocycles. The molecule has 4 heteroatoms. The van der Waals surface area contributed by atoms with Crippen molar-refractivity contribution in [3.05, 3.63) is 63.9 Å².